The van der Waals surface area contributed by atoms with Crippen LogP contribution in [0.3, 0.4) is 0 Å². The van der Waals surface area contributed by atoms with Crippen LogP contribution in [0.5, 0.6) is 28.9 Å². The second-order valence-electron chi connectivity index (χ2n) is 11.4. The Labute approximate surface area is 292 Å². The fraction of sp³-hybridized carbons (Fsp3) is 0.250. The van der Waals surface area contributed by atoms with E-state index in [1.165, 1.54) is 25.1 Å². The summed E-state index contributed by atoms with van der Waals surface area (Å²) in [5, 5.41) is 2.80. The number of rotatable bonds is 12. The Morgan fingerprint density at radius 3 is 2.02 bits per heavy atom. The molecule has 0 saturated heterocycles. The molecule has 14 heteroatoms. The van der Waals surface area contributed by atoms with Gasteiger partial charge in [-0.05, 0) is 35.2 Å². The van der Waals surface area contributed by atoms with Crippen LogP contribution in [-0.2, 0) is 27.3 Å². The van der Waals surface area contributed by atoms with Gasteiger partial charge in [0, 0.05) is 24.5 Å². The van der Waals surface area contributed by atoms with E-state index in [-0.39, 0.29) is 60.3 Å². The Bertz CT molecular complexity index is 2000. The molecule has 0 spiro atoms. The van der Waals surface area contributed by atoms with Crippen molar-refractivity contribution in [3.63, 3.8) is 0 Å². The second kappa shape index (κ2) is 18.0. The Morgan fingerprint density at radius 2 is 1.40 bits per heavy atom. The summed E-state index contributed by atoms with van der Waals surface area (Å²) in [5.41, 5.74) is 2.50. The number of carbonyl (C=O) groups excluding carboxylic acids is 1. The Balaban J connectivity index is 0.000000482. The van der Waals surface area contributed by atoms with E-state index in [1.807, 2.05) is 18.2 Å². The molecule has 0 aliphatic rings. The highest BCUT2D eigenvalue weighted by molar-refractivity contribution is 7.61. The lowest BCUT2D eigenvalue weighted by Crippen LogP contribution is -2.24. The number of hydrogen-bond donors (Lipinski definition) is 1. The van der Waals surface area contributed by atoms with Crippen molar-refractivity contribution in [3.8, 4) is 40.5 Å². The van der Waals surface area contributed by atoms with E-state index in [1.54, 1.807) is 43.5 Å². The van der Waals surface area contributed by atoms with E-state index in [2.05, 4.69) is 80.7 Å². The number of para-hydroxylation sites is 3. The zero-order chi connectivity index (χ0) is 35.9. The van der Waals surface area contributed by atoms with Gasteiger partial charge in [-0.25, -0.2) is 15.0 Å². The third-order valence-electron chi connectivity index (χ3n) is 6.90. The molecule has 5 aromatic rings. The number of nitrogens with zero attached hydrogens (tertiary/aromatic N) is 5. The van der Waals surface area contributed by atoms with E-state index >= 15 is 0 Å². The third kappa shape index (κ3) is 10.8. The zero-order valence-corrected chi connectivity index (χ0v) is 29.2. The fourth-order valence-electron chi connectivity index (χ4n) is 4.38. The van der Waals surface area contributed by atoms with Crippen molar-refractivity contribution >= 4 is 22.2 Å². The fourth-order valence-corrected chi connectivity index (χ4v) is 4.64. The van der Waals surface area contributed by atoms with Gasteiger partial charge in [-0.1, -0.05) is 81.4 Å². The molecule has 0 atom stereocenters. The Hall–Kier alpha value is -5.89. The standard InChI is InChI=1S/C26H24N6O7S.C10H14/c1-36-18-9-4-3-8-17(18)16-29-21(33)12-15-38-26-22(39-20-11-6-5-10-19(20)37-2)23(32-40(34)35)30-25(31-26)24-27-13-7-14-28-24;1-10(2,3)9-7-5-4-6-8-9/h3-11,13-14H,12,15-16H2,1-2H3,(H,29,33);4-8H,1-3H3. The van der Waals surface area contributed by atoms with Gasteiger partial charge >= 0.3 is 10.5 Å². The number of nitrogens with one attached hydrogen (secondary N) is 1. The molecule has 2 aromatic heterocycles. The highest BCUT2D eigenvalue weighted by Crippen LogP contribution is 2.41. The topological polar surface area (TPSA) is 164 Å². The molecule has 3 aromatic carbocycles. The predicted molar refractivity (Wildman–Crippen MR) is 187 cm³/mol. The van der Waals surface area contributed by atoms with Crippen LogP contribution in [0.4, 0.5) is 5.82 Å². The van der Waals surface area contributed by atoms with E-state index in [0.717, 1.165) is 5.56 Å². The maximum Gasteiger partial charge on any atom is 0.318 e. The summed E-state index contributed by atoms with van der Waals surface area (Å²) in [7, 11) is 0.107. The van der Waals surface area contributed by atoms with Crippen molar-refractivity contribution in [2.75, 3.05) is 20.8 Å². The quantitative estimate of drug-likeness (QED) is 0.151. The molecule has 0 unspecified atom stereocenters. The molecule has 0 aliphatic carbocycles. The van der Waals surface area contributed by atoms with E-state index < -0.39 is 10.5 Å². The Morgan fingerprint density at radius 1 is 0.780 bits per heavy atom. The summed E-state index contributed by atoms with van der Waals surface area (Å²) < 4.78 is 49.0. The van der Waals surface area contributed by atoms with Crippen molar-refractivity contribution in [2.24, 2.45) is 4.36 Å². The number of benzene rings is 3. The van der Waals surface area contributed by atoms with Gasteiger partial charge in [-0.3, -0.25) is 4.79 Å². The summed E-state index contributed by atoms with van der Waals surface area (Å²) >= 11 is 0. The minimum Gasteiger partial charge on any atom is -0.496 e. The van der Waals surface area contributed by atoms with Crippen LogP contribution in [-0.4, -0.2) is 55.1 Å². The maximum absolute atomic E-state index is 12.5. The zero-order valence-electron chi connectivity index (χ0n) is 28.4. The number of amides is 1. The van der Waals surface area contributed by atoms with Gasteiger partial charge in [0.15, 0.2) is 17.3 Å². The lowest BCUT2D eigenvalue weighted by Gasteiger charge is -2.18. The molecule has 0 aliphatic heterocycles. The molecule has 2 heterocycles. The highest BCUT2D eigenvalue weighted by atomic mass is 32.2. The van der Waals surface area contributed by atoms with Crippen LogP contribution in [0, 0.1) is 0 Å². The maximum atomic E-state index is 12.5. The summed E-state index contributed by atoms with van der Waals surface area (Å²) in [6.07, 6.45) is 2.89. The lowest BCUT2D eigenvalue weighted by molar-refractivity contribution is -0.121. The molecule has 0 fully saturated rings. The van der Waals surface area contributed by atoms with E-state index in [9.17, 15) is 13.2 Å². The summed E-state index contributed by atoms with van der Waals surface area (Å²) in [5.74, 6) is 0.232. The van der Waals surface area contributed by atoms with Gasteiger partial charge < -0.3 is 24.3 Å². The van der Waals surface area contributed by atoms with Crippen LogP contribution in [0.2, 0.25) is 0 Å². The minimum atomic E-state index is -2.90. The number of carbonyl (C=O) groups is 1. The van der Waals surface area contributed by atoms with Crippen LogP contribution in [0.15, 0.2) is 102 Å². The first-order chi connectivity index (χ1) is 24.1. The average molecular weight is 699 g/mol. The van der Waals surface area contributed by atoms with Gasteiger partial charge in [0.05, 0.1) is 27.2 Å². The third-order valence-corrected chi connectivity index (χ3v) is 7.22. The number of aromatic nitrogens is 4. The molecule has 5 rings (SSSR count). The lowest BCUT2D eigenvalue weighted by atomic mass is 9.87. The number of methoxy groups -OCH3 is 2. The van der Waals surface area contributed by atoms with E-state index in [0.29, 0.717) is 16.9 Å². The molecular formula is C36H38N6O7S. The van der Waals surface area contributed by atoms with Crippen molar-refractivity contribution in [1.82, 2.24) is 25.3 Å². The summed E-state index contributed by atoms with van der Waals surface area (Å²) in [6.45, 7) is 6.80. The number of ether oxygens (including phenoxy) is 4. The molecular weight excluding hydrogens is 660 g/mol. The largest absolute Gasteiger partial charge is 0.496 e. The Kier molecular flexibility index (Phi) is 13.3. The van der Waals surface area contributed by atoms with Crippen molar-refractivity contribution in [1.29, 1.82) is 0 Å². The van der Waals surface area contributed by atoms with Gasteiger partial charge in [-0.2, -0.15) is 13.4 Å². The molecule has 13 nitrogen and oxygen atoms in total. The van der Waals surface area contributed by atoms with Crippen LogP contribution < -0.4 is 24.3 Å². The SMILES string of the molecule is CC(C)(C)c1ccccc1.COc1ccccc1CNC(=O)CCOc1nc(-c2ncccn2)nc(N=S(=O)=O)c1Oc1ccccc1OC. The highest BCUT2D eigenvalue weighted by Gasteiger charge is 2.22. The first kappa shape index (κ1) is 36.9. The van der Waals surface area contributed by atoms with Crippen LogP contribution in [0.1, 0.15) is 38.3 Å². The first-order valence-corrected chi connectivity index (χ1v) is 16.5. The minimum absolute atomic E-state index is 0.0512. The van der Waals surface area contributed by atoms with Gasteiger partial charge in [0.25, 0.3) is 5.88 Å². The van der Waals surface area contributed by atoms with Crippen molar-refractivity contribution in [3.05, 3.63) is 108 Å². The molecule has 260 valence electrons. The van der Waals surface area contributed by atoms with Crippen molar-refractivity contribution in [2.45, 2.75) is 39.2 Å². The smallest absolute Gasteiger partial charge is 0.318 e. The second-order valence-corrected chi connectivity index (χ2v) is 12.1. The molecule has 0 radical (unpaired) electrons. The molecule has 1 amide bonds. The first-order valence-electron chi connectivity index (χ1n) is 15.5. The van der Waals surface area contributed by atoms with Crippen LogP contribution >= 0.6 is 0 Å². The van der Waals surface area contributed by atoms with Crippen LogP contribution in [0.25, 0.3) is 11.6 Å². The summed E-state index contributed by atoms with van der Waals surface area (Å²) in [4.78, 5) is 29.3. The molecule has 0 saturated carbocycles. The van der Waals surface area contributed by atoms with Crippen molar-refractivity contribution < 1.29 is 32.2 Å². The van der Waals surface area contributed by atoms with Gasteiger partial charge in [-0.15, -0.1) is 4.36 Å². The summed E-state index contributed by atoms with van der Waals surface area (Å²) in [6, 6.07) is 26.1. The predicted octanol–water partition coefficient (Wildman–Crippen LogP) is 6.51. The normalized spacial score (nSPS) is 10.6. The van der Waals surface area contributed by atoms with Gasteiger partial charge in [0.1, 0.15) is 5.75 Å². The molecule has 0 bridgehead atoms. The molecule has 1 N–H and O–H groups in total. The monoisotopic (exact) mass is 698 g/mol. The average Bonchev–Trinajstić information content (AvgIpc) is 3.12. The van der Waals surface area contributed by atoms with Gasteiger partial charge in [0.2, 0.25) is 23.3 Å². The number of hydrogen-bond acceptors (Lipinski definition) is 12. The van der Waals surface area contributed by atoms with E-state index in [4.69, 9.17) is 18.9 Å². The molecule has 50 heavy (non-hydrogen) atoms.